The molecule has 7 heteroatoms. The third-order valence-corrected chi connectivity index (χ3v) is 4.70. The molecule has 148 valence electrons. The zero-order valence-electron chi connectivity index (χ0n) is 16.0. The minimum absolute atomic E-state index is 0.162. The van der Waals surface area contributed by atoms with Crippen molar-refractivity contribution in [2.24, 2.45) is 0 Å². The molecule has 0 radical (unpaired) electrons. The van der Waals surface area contributed by atoms with Crippen LogP contribution in [-0.2, 0) is 0 Å². The van der Waals surface area contributed by atoms with Gasteiger partial charge in [-0.3, -0.25) is 0 Å². The average molecular weight is 391 g/mol. The number of hydrogen-bond donors (Lipinski definition) is 3. The van der Waals surface area contributed by atoms with E-state index in [0.717, 1.165) is 39.5 Å². The number of benzene rings is 1. The number of aliphatic hydroxyl groups excluding tert-OH is 1. The van der Waals surface area contributed by atoms with Crippen LogP contribution in [0.4, 0.5) is 15.9 Å². The Kier molecular flexibility index (Phi) is 5.39. The number of aromatic nitrogens is 3. The van der Waals surface area contributed by atoms with Crippen molar-refractivity contribution in [3.8, 4) is 22.4 Å². The fourth-order valence-corrected chi connectivity index (χ4v) is 3.07. The maximum absolute atomic E-state index is 12.4. The zero-order chi connectivity index (χ0) is 20.2. The molecule has 0 amide bonds. The molecular formula is C22H22FN5O. The number of alkyl halides is 1. The summed E-state index contributed by atoms with van der Waals surface area (Å²) >= 11 is 0. The number of nitrogens with zero attached hydrogens (tertiary/aromatic N) is 3. The van der Waals surface area contributed by atoms with Crippen molar-refractivity contribution in [1.82, 2.24) is 14.4 Å². The summed E-state index contributed by atoms with van der Waals surface area (Å²) in [4.78, 5) is 9.02. The minimum Gasteiger partial charge on any atom is -0.389 e. The van der Waals surface area contributed by atoms with E-state index < -0.39 is 12.8 Å². The minimum atomic E-state index is -1.01. The standard InChI is InChI=1S/C22H22FN5O/c1-24-21-8-6-17(11-26-21)15-2-4-16(5-3-15)20-14-28-13-18(7-9-22(28)27-20)25-12-19(29)10-23/h2-9,11,13-14,19,25,29H,10,12H2,1H3,(H,24,26). The van der Waals surface area contributed by atoms with Gasteiger partial charge in [-0.15, -0.1) is 0 Å². The van der Waals surface area contributed by atoms with Crippen LogP contribution in [-0.4, -0.2) is 45.8 Å². The Hall–Kier alpha value is -3.45. The van der Waals surface area contributed by atoms with Gasteiger partial charge in [0, 0.05) is 43.3 Å². The van der Waals surface area contributed by atoms with Gasteiger partial charge in [0.15, 0.2) is 0 Å². The molecule has 0 aliphatic carbocycles. The van der Waals surface area contributed by atoms with Crippen molar-refractivity contribution >= 4 is 17.2 Å². The van der Waals surface area contributed by atoms with Gasteiger partial charge < -0.3 is 20.1 Å². The van der Waals surface area contributed by atoms with Gasteiger partial charge >= 0.3 is 0 Å². The number of fused-ring (bicyclic) bond motifs is 1. The lowest BCUT2D eigenvalue weighted by Gasteiger charge is -2.09. The van der Waals surface area contributed by atoms with Crippen LogP contribution in [0.2, 0.25) is 0 Å². The Morgan fingerprint density at radius 2 is 1.76 bits per heavy atom. The van der Waals surface area contributed by atoms with Crippen LogP contribution in [0.5, 0.6) is 0 Å². The molecule has 1 atom stereocenters. The molecule has 1 unspecified atom stereocenters. The van der Waals surface area contributed by atoms with Crippen molar-refractivity contribution in [2.75, 3.05) is 30.9 Å². The van der Waals surface area contributed by atoms with Gasteiger partial charge in [-0.05, 0) is 29.8 Å². The summed E-state index contributed by atoms with van der Waals surface area (Å²) in [5.41, 5.74) is 5.62. The molecule has 0 saturated heterocycles. The first-order valence-corrected chi connectivity index (χ1v) is 9.37. The molecule has 3 heterocycles. The Bertz CT molecular complexity index is 1090. The summed E-state index contributed by atoms with van der Waals surface area (Å²) in [6.07, 6.45) is 4.66. The normalized spacial score (nSPS) is 12.1. The molecule has 4 aromatic rings. The lowest BCUT2D eigenvalue weighted by atomic mass is 10.0. The molecule has 0 bridgehead atoms. The lowest BCUT2D eigenvalue weighted by Crippen LogP contribution is -2.21. The smallest absolute Gasteiger partial charge is 0.137 e. The number of rotatable bonds is 7. The third-order valence-electron chi connectivity index (χ3n) is 4.70. The quantitative estimate of drug-likeness (QED) is 0.446. The van der Waals surface area contributed by atoms with E-state index in [1.54, 1.807) is 0 Å². The van der Waals surface area contributed by atoms with Crippen LogP contribution in [0.3, 0.4) is 0 Å². The van der Waals surface area contributed by atoms with Crippen LogP contribution < -0.4 is 10.6 Å². The average Bonchev–Trinajstić information content (AvgIpc) is 3.21. The zero-order valence-corrected chi connectivity index (χ0v) is 16.0. The molecule has 0 aliphatic rings. The molecule has 0 saturated carbocycles. The molecule has 3 N–H and O–H groups in total. The molecule has 0 fully saturated rings. The van der Waals surface area contributed by atoms with Crippen LogP contribution in [0.15, 0.2) is 67.1 Å². The van der Waals surface area contributed by atoms with Crippen molar-refractivity contribution < 1.29 is 9.50 Å². The van der Waals surface area contributed by atoms with Crippen molar-refractivity contribution in [3.63, 3.8) is 0 Å². The van der Waals surface area contributed by atoms with Crippen LogP contribution in [0.1, 0.15) is 0 Å². The molecular weight excluding hydrogens is 369 g/mol. The van der Waals surface area contributed by atoms with Gasteiger partial charge in [0.2, 0.25) is 0 Å². The second-order valence-corrected chi connectivity index (χ2v) is 6.76. The summed E-state index contributed by atoms with van der Waals surface area (Å²) < 4.78 is 14.3. The van der Waals surface area contributed by atoms with Crippen LogP contribution in [0.25, 0.3) is 28.0 Å². The maximum Gasteiger partial charge on any atom is 0.137 e. The van der Waals surface area contributed by atoms with Crippen LogP contribution >= 0.6 is 0 Å². The third kappa shape index (κ3) is 4.20. The van der Waals surface area contributed by atoms with E-state index in [0.29, 0.717) is 0 Å². The highest BCUT2D eigenvalue weighted by Crippen LogP contribution is 2.25. The molecule has 4 rings (SSSR count). The lowest BCUT2D eigenvalue weighted by molar-refractivity contribution is 0.151. The largest absolute Gasteiger partial charge is 0.389 e. The maximum atomic E-state index is 12.4. The van der Waals surface area contributed by atoms with Crippen molar-refractivity contribution in [2.45, 2.75) is 6.10 Å². The predicted octanol–water partition coefficient (Wildman–Crippen LogP) is 3.85. The summed E-state index contributed by atoms with van der Waals surface area (Å²) in [6.45, 7) is -0.606. The van der Waals surface area contributed by atoms with E-state index in [1.165, 1.54) is 0 Å². The first-order chi connectivity index (χ1) is 14.2. The Labute approximate surface area is 168 Å². The number of nitrogens with one attached hydrogen (secondary N) is 2. The topological polar surface area (TPSA) is 74.5 Å². The van der Waals surface area contributed by atoms with Gasteiger partial charge in [-0.25, -0.2) is 14.4 Å². The molecule has 0 aliphatic heterocycles. The van der Waals surface area contributed by atoms with Crippen LogP contribution in [0, 0.1) is 0 Å². The number of halogens is 1. The molecule has 3 aromatic heterocycles. The predicted molar refractivity (Wildman–Crippen MR) is 114 cm³/mol. The first-order valence-electron chi connectivity index (χ1n) is 9.37. The summed E-state index contributed by atoms with van der Waals surface area (Å²) in [5.74, 6) is 0.836. The molecule has 6 nitrogen and oxygen atoms in total. The van der Waals surface area contributed by atoms with E-state index in [1.807, 2.05) is 66.4 Å². The van der Waals surface area contributed by atoms with Crippen molar-refractivity contribution in [3.05, 3.63) is 67.1 Å². The fraction of sp³-hybridized carbons (Fsp3) is 0.182. The summed E-state index contributed by atoms with van der Waals surface area (Å²) in [7, 11) is 1.85. The number of anilines is 2. The second-order valence-electron chi connectivity index (χ2n) is 6.76. The Morgan fingerprint density at radius 1 is 1.00 bits per heavy atom. The van der Waals surface area contributed by atoms with Gasteiger partial charge in [-0.1, -0.05) is 24.3 Å². The number of imidazole rings is 1. The molecule has 0 spiro atoms. The highest BCUT2D eigenvalue weighted by atomic mass is 19.1. The molecule has 29 heavy (non-hydrogen) atoms. The van der Waals surface area contributed by atoms with E-state index >= 15 is 0 Å². The number of hydrogen-bond acceptors (Lipinski definition) is 5. The monoisotopic (exact) mass is 391 g/mol. The number of aliphatic hydroxyl groups is 1. The Balaban J connectivity index is 1.54. The van der Waals surface area contributed by atoms with Gasteiger partial charge in [-0.2, -0.15) is 0 Å². The van der Waals surface area contributed by atoms with Gasteiger partial charge in [0.05, 0.1) is 17.5 Å². The van der Waals surface area contributed by atoms with E-state index in [-0.39, 0.29) is 6.54 Å². The highest BCUT2D eigenvalue weighted by Gasteiger charge is 2.07. The first kappa shape index (κ1) is 18.9. The van der Waals surface area contributed by atoms with E-state index in [9.17, 15) is 9.50 Å². The Morgan fingerprint density at radius 3 is 2.45 bits per heavy atom. The van der Waals surface area contributed by atoms with E-state index in [2.05, 4.69) is 32.7 Å². The van der Waals surface area contributed by atoms with E-state index in [4.69, 9.17) is 0 Å². The summed E-state index contributed by atoms with van der Waals surface area (Å²) in [5, 5.41) is 15.4. The molecule has 1 aromatic carbocycles. The highest BCUT2D eigenvalue weighted by molar-refractivity contribution is 5.70. The second kappa shape index (κ2) is 8.28. The SMILES string of the molecule is CNc1ccc(-c2ccc(-c3cn4cc(NCC(O)CF)ccc4n3)cc2)cn1. The van der Waals surface area contributed by atoms with Gasteiger partial charge in [0.25, 0.3) is 0 Å². The fourth-order valence-electron chi connectivity index (χ4n) is 3.07. The van der Waals surface area contributed by atoms with Gasteiger partial charge in [0.1, 0.15) is 18.1 Å². The number of pyridine rings is 2. The summed E-state index contributed by atoms with van der Waals surface area (Å²) in [6, 6.07) is 15.9. The van der Waals surface area contributed by atoms with Crippen molar-refractivity contribution in [1.29, 1.82) is 0 Å².